The Hall–Kier alpha value is -2.61. The summed E-state index contributed by atoms with van der Waals surface area (Å²) in [6.45, 7) is 0.327. The number of urea groups is 1. The van der Waals surface area contributed by atoms with Crippen LogP contribution in [0.4, 0.5) is 4.79 Å². The zero-order valence-electron chi connectivity index (χ0n) is 14.3. The number of amides is 4. The summed E-state index contributed by atoms with van der Waals surface area (Å²) in [7, 11) is 1.37. The average molecular weight is 382 g/mol. The first-order valence-corrected chi connectivity index (χ1v) is 8.51. The minimum absolute atomic E-state index is 0.113. The van der Waals surface area contributed by atoms with E-state index in [1.807, 2.05) is 5.32 Å². The Kier molecular flexibility index (Phi) is 6.97. The molecule has 8 nitrogen and oxygen atoms in total. The van der Waals surface area contributed by atoms with Crippen molar-refractivity contribution in [3.63, 3.8) is 0 Å². The summed E-state index contributed by atoms with van der Waals surface area (Å²) in [6.07, 6.45) is 0.907. The van der Waals surface area contributed by atoms with Gasteiger partial charge in [0.25, 0.3) is 11.8 Å². The number of carbonyl (C=O) groups is 4. The quantitative estimate of drug-likeness (QED) is 0.762. The largest absolute Gasteiger partial charge is 0.455 e. The summed E-state index contributed by atoms with van der Waals surface area (Å²) >= 11 is 5.82. The van der Waals surface area contributed by atoms with E-state index in [4.69, 9.17) is 16.3 Å². The highest BCUT2D eigenvalue weighted by Crippen LogP contribution is 2.21. The molecule has 1 fully saturated rings. The molecule has 0 aromatic heterocycles. The van der Waals surface area contributed by atoms with Gasteiger partial charge in [0.05, 0.1) is 5.92 Å². The van der Waals surface area contributed by atoms with Gasteiger partial charge in [0.1, 0.15) is 0 Å². The molecule has 1 aliphatic heterocycles. The van der Waals surface area contributed by atoms with Crippen molar-refractivity contribution in [2.24, 2.45) is 5.92 Å². The highest BCUT2D eigenvalue weighted by molar-refractivity contribution is 6.30. The summed E-state index contributed by atoms with van der Waals surface area (Å²) in [4.78, 5) is 48.5. The molecule has 1 aliphatic rings. The van der Waals surface area contributed by atoms with Crippen molar-refractivity contribution in [1.29, 1.82) is 0 Å². The standard InChI is InChI=1S/C17H20ClN3O5/c1-19-17(25)20-14(22)10-26-16(24)12-6-8-21(9-7-12)15(23)11-2-4-13(18)5-3-11/h2-5,12H,6-10H2,1H3,(H2,19,20,22,25). The number of carbonyl (C=O) groups excluding carboxylic acids is 4. The number of imide groups is 1. The van der Waals surface area contributed by atoms with E-state index in [1.165, 1.54) is 7.05 Å². The molecule has 0 atom stereocenters. The molecule has 0 radical (unpaired) electrons. The van der Waals surface area contributed by atoms with Gasteiger partial charge in [-0.3, -0.25) is 19.7 Å². The van der Waals surface area contributed by atoms with Gasteiger partial charge in [0.15, 0.2) is 6.61 Å². The van der Waals surface area contributed by atoms with Gasteiger partial charge >= 0.3 is 12.0 Å². The van der Waals surface area contributed by atoms with E-state index in [9.17, 15) is 19.2 Å². The number of halogens is 1. The van der Waals surface area contributed by atoms with E-state index in [-0.39, 0.29) is 11.8 Å². The Morgan fingerprint density at radius 3 is 2.35 bits per heavy atom. The molecule has 0 unspecified atom stereocenters. The summed E-state index contributed by atoms with van der Waals surface area (Å²) in [5.74, 6) is -1.70. The normalized spacial score (nSPS) is 14.5. The monoisotopic (exact) mass is 381 g/mol. The summed E-state index contributed by atoms with van der Waals surface area (Å²) < 4.78 is 4.93. The highest BCUT2D eigenvalue weighted by Gasteiger charge is 2.29. The average Bonchev–Trinajstić information content (AvgIpc) is 2.66. The Labute approximate surface area is 155 Å². The molecular formula is C17H20ClN3O5. The number of nitrogens with one attached hydrogen (secondary N) is 2. The van der Waals surface area contributed by atoms with Gasteiger partial charge in [-0.25, -0.2) is 4.79 Å². The van der Waals surface area contributed by atoms with Gasteiger partial charge in [-0.1, -0.05) is 11.6 Å². The van der Waals surface area contributed by atoms with Crippen LogP contribution in [-0.4, -0.2) is 55.5 Å². The lowest BCUT2D eigenvalue weighted by atomic mass is 9.96. The van der Waals surface area contributed by atoms with E-state index in [1.54, 1.807) is 29.2 Å². The van der Waals surface area contributed by atoms with E-state index >= 15 is 0 Å². The molecule has 1 heterocycles. The molecule has 2 N–H and O–H groups in total. The molecule has 26 heavy (non-hydrogen) atoms. The fraction of sp³-hybridized carbons (Fsp3) is 0.412. The zero-order chi connectivity index (χ0) is 19.1. The van der Waals surface area contributed by atoms with Crippen LogP contribution in [0.5, 0.6) is 0 Å². The molecule has 0 spiro atoms. The smallest absolute Gasteiger partial charge is 0.321 e. The Balaban J connectivity index is 1.77. The Bertz CT molecular complexity index is 684. The van der Waals surface area contributed by atoms with Gasteiger partial charge < -0.3 is 15.0 Å². The minimum atomic E-state index is -0.701. The Morgan fingerprint density at radius 1 is 1.15 bits per heavy atom. The summed E-state index contributed by atoms with van der Waals surface area (Å²) in [5, 5.41) is 4.78. The number of hydrogen-bond acceptors (Lipinski definition) is 5. The SMILES string of the molecule is CNC(=O)NC(=O)COC(=O)C1CCN(C(=O)c2ccc(Cl)cc2)CC1. The second-order valence-corrected chi connectivity index (χ2v) is 6.24. The third-order valence-corrected chi connectivity index (χ3v) is 4.28. The molecular weight excluding hydrogens is 362 g/mol. The maximum Gasteiger partial charge on any atom is 0.321 e. The molecule has 2 rings (SSSR count). The fourth-order valence-electron chi connectivity index (χ4n) is 2.57. The number of benzene rings is 1. The molecule has 0 aliphatic carbocycles. The first-order valence-electron chi connectivity index (χ1n) is 8.13. The third-order valence-electron chi connectivity index (χ3n) is 4.03. The zero-order valence-corrected chi connectivity index (χ0v) is 15.0. The molecule has 0 bridgehead atoms. The number of piperidine rings is 1. The van der Waals surface area contributed by atoms with Crippen LogP contribution in [0.15, 0.2) is 24.3 Å². The number of nitrogens with zero attached hydrogens (tertiary/aromatic N) is 1. The van der Waals surface area contributed by atoms with Crippen molar-refractivity contribution in [2.45, 2.75) is 12.8 Å². The maximum atomic E-state index is 12.4. The summed E-state index contributed by atoms with van der Waals surface area (Å²) in [5.41, 5.74) is 0.543. The lowest BCUT2D eigenvalue weighted by molar-refractivity contribution is -0.153. The fourth-order valence-corrected chi connectivity index (χ4v) is 2.70. The molecule has 1 aromatic carbocycles. The second kappa shape index (κ2) is 9.19. The summed E-state index contributed by atoms with van der Waals surface area (Å²) in [6, 6.07) is 5.97. The lowest BCUT2D eigenvalue weighted by Crippen LogP contribution is -2.42. The number of ether oxygens (including phenoxy) is 1. The van der Waals surface area contributed by atoms with E-state index in [2.05, 4.69) is 5.32 Å². The second-order valence-electron chi connectivity index (χ2n) is 5.81. The van der Waals surface area contributed by atoms with Crippen molar-refractivity contribution >= 4 is 35.4 Å². The van der Waals surface area contributed by atoms with Crippen LogP contribution < -0.4 is 10.6 Å². The van der Waals surface area contributed by atoms with E-state index in [0.717, 1.165) is 0 Å². The van der Waals surface area contributed by atoms with Crippen LogP contribution in [0.2, 0.25) is 5.02 Å². The predicted molar refractivity (Wildman–Crippen MR) is 93.6 cm³/mol. The highest BCUT2D eigenvalue weighted by atomic mass is 35.5. The van der Waals surface area contributed by atoms with Crippen LogP contribution in [0.25, 0.3) is 0 Å². The van der Waals surface area contributed by atoms with Gasteiger partial charge in [-0.05, 0) is 37.1 Å². The third kappa shape index (κ3) is 5.45. The van der Waals surface area contributed by atoms with Crippen molar-refractivity contribution in [1.82, 2.24) is 15.5 Å². The van der Waals surface area contributed by atoms with Gasteiger partial charge in [-0.2, -0.15) is 0 Å². The van der Waals surface area contributed by atoms with Gasteiger partial charge in [0.2, 0.25) is 0 Å². The van der Waals surface area contributed by atoms with Crippen molar-refractivity contribution in [3.8, 4) is 0 Å². The van der Waals surface area contributed by atoms with Gasteiger partial charge in [0, 0.05) is 30.7 Å². The number of esters is 1. The molecule has 1 saturated heterocycles. The van der Waals surface area contributed by atoms with Crippen LogP contribution in [0, 0.1) is 5.92 Å². The van der Waals surface area contributed by atoms with Crippen LogP contribution in [-0.2, 0) is 14.3 Å². The number of rotatable bonds is 4. The van der Waals surface area contributed by atoms with Crippen LogP contribution >= 0.6 is 11.6 Å². The lowest BCUT2D eigenvalue weighted by Gasteiger charge is -2.31. The minimum Gasteiger partial charge on any atom is -0.455 e. The molecule has 140 valence electrons. The number of likely N-dealkylation sites (tertiary alicyclic amines) is 1. The van der Waals surface area contributed by atoms with E-state index in [0.29, 0.717) is 36.5 Å². The van der Waals surface area contributed by atoms with E-state index < -0.39 is 24.5 Å². The topological polar surface area (TPSA) is 105 Å². The van der Waals surface area contributed by atoms with Crippen molar-refractivity contribution < 1.29 is 23.9 Å². The number of hydrogen-bond donors (Lipinski definition) is 2. The van der Waals surface area contributed by atoms with Crippen molar-refractivity contribution in [3.05, 3.63) is 34.9 Å². The molecule has 9 heteroatoms. The molecule has 0 saturated carbocycles. The molecule has 1 aromatic rings. The Morgan fingerprint density at radius 2 is 1.77 bits per heavy atom. The first-order chi connectivity index (χ1) is 12.4. The first kappa shape index (κ1) is 19.7. The van der Waals surface area contributed by atoms with Crippen LogP contribution in [0.3, 0.4) is 0 Å². The van der Waals surface area contributed by atoms with Gasteiger partial charge in [-0.15, -0.1) is 0 Å². The predicted octanol–water partition coefficient (Wildman–Crippen LogP) is 1.19. The maximum absolute atomic E-state index is 12.4. The molecule has 4 amide bonds. The van der Waals surface area contributed by atoms with Crippen molar-refractivity contribution in [2.75, 3.05) is 26.7 Å². The van der Waals surface area contributed by atoms with Crippen LogP contribution in [0.1, 0.15) is 23.2 Å².